The zero-order valence-corrected chi connectivity index (χ0v) is 9.56. The average Bonchev–Trinajstić information content (AvgIpc) is 2.25. The van der Waals surface area contributed by atoms with Crippen LogP contribution in [0.15, 0.2) is 35.2 Å². The zero-order chi connectivity index (χ0) is 10.1. The average molecular weight is 210 g/mol. The van der Waals surface area contributed by atoms with Crippen LogP contribution in [-0.2, 0) is 4.18 Å². The maximum Gasteiger partial charge on any atom is 0.0618 e. The van der Waals surface area contributed by atoms with E-state index in [9.17, 15) is 0 Å². The fourth-order valence-electron chi connectivity index (χ4n) is 1.17. The van der Waals surface area contributed by atoms with Gasteiger partial charge in [0.25, 0.3) is 0 Å². The summed E-state index contributed by atoms with van der Waals surface area (Å²) >= 11 is 1.48. The molecule has 1 aromatic rings. The van der Waals surface area contributed by atoms with Crippen LogP contribution in [-0.4, -0.2) is 6.61 Å². The molecule has 0 N–H and O–H groups in total. The highest BCUT2D eigenvalue weighted by molar-refractivity contribution is 7.94. The first-order valence-corrected chi connectivity index (χ1v) is 6.02. The van der Waals surface area contributed by atoms with Crippen molar-refractivity contribution in [2.45, 2.75) is 37.5 Å². The van der Waals surface area contributed by atoms with Crippen LogP contribution in [0, 0.1) is 0 Å². The van der Waals surface area contributed by atoms with Gasteiger partial charge in [0.15, 0.2) is 0 Å². The second-order valence-electron chi connectivity index (χ2n) is 3.28. The second kappa shape index (κ2) is 7.89. The quantitative estimate of drug-likeness (QED) is 0.490. The Balaban J connectivity index is 1.99. The van der Waals surface area contributed by atoms with Gasteiger partial charge in [0.2, 0.25) is 0 Å². The normalized spacial score (nSPS) is 10.4. The number of rotatable bonds is 7. The number of benzene rings is 1. The van der Waals surface area contributed by atoms with E-state index >= 15 is 0 Å². The summed E-state index contributed by atoms with van der Waals surface area (Å²) < 4.78 is 5.48. The van der Waals surface area contributed by atoms with Crippen LogP contribution in [0.5, 0.6) is 0 Å². The first kappa shape index (κ1) is 11.6. The predicted molar refractivity (Wildman–Crippen MR) is 62.4 cm³/mol. The van der Waals surface area contributed by atoms with Crippen LogP contribution in [0.2, 0.25) is 0 Å². The van der Waals surface area contributed by atoms with Crippen LogP contribution in [0.4, 0.5) is 0 Å². The van der Waals surface area contributed by atoms with Gasteiger partial charge in [0.05, 0.1) is 6.61 Å². The van der Waals surface area contributed by atoms with E-state index in [4.69, 9.17) is 4.18 Å². The van der Waals surface area contributed by atoms with Gasteiger partial charge in [-0.1, -0.05) is 44.4 Å². The van der Waals surface area contributed by atoms with Crippen molar-refractivity contribution < 1.29 is 4.18 Å². The summed E-state index contributed by atoms with van der Waals surface area (Å²) in [5.74, 6) is 0. The number of hydrogen-bond donors (Lipinski definition) is 0. The monoisotopic (exact) mass is 210 g/mol. The van der Waals surface area contributed by atoms with E-state index in [2.05, 4.69) is 19.1 Å². The maximum absolute atomic E-state index is 5.48. The molecule has 2 heteroatoms. The van der Waals surface area contributed by atoms with Crippen molar-refractivity contribution >= 4 is 12.0 Å². The summed E-state index contributed by atoms with van der Waals surface area (Å²) in [6, 6.07) is 10.2. The van der Waals surface area contributed by atoms with E-state index in [1.54, 1.807) is 0 Å². The molecule has 0 unspecified atom stereocenters. The van der Waals surface area contributed by atoms with Gasteiger partial charge in [-0.3, -0.25) is 0 Å². The van der Waals surface area contributed by atoms with Crippen LogP contribution >= 0.6 is 12.0 Å². The Hall–Kier alpha value is -0.470. The van der Waals surface area contributed by atoms with Crippen molar-refractivity contribution in [3.8, 4) is 0 Å². The van der Waals surface area contributed by atoms with Crippen molar-refractivity contribution in [3.05, 3.63) is 30.3 Å². The molecule has 0 atom stereocenters. The third-order valence-corrected chi connectivity index (χ3v) is 2.73. The summed E-state index contributed by atoms with van der Waals surface area (Å²) in [4.78, 5) is 1.18. The fraction of sp³-hybridized carbons (Fsp3) is 0.500. The largest absolute Gasteiger partial charge is 0.310 e. The summed E-state index contributed by atoms with van der Waals surface area (Å²) in [5, 5.41) is 0. The summed E-state index contributed by atoms with van der Waals surface area (Å²) in [6.45, 7) is 3.08. The molecule has 0 heterocycles. The molecule has 0 saturated carbocycles. The number of unbranched alkanes of at least 4 members (excludes halogenated alkanes) is 3. The Morgan fingerprint density at radius 2 is 1.86 bits per heavy atom. The molecule has 1 nitrogen and oxygen atoms in total. The van der Waals surface area contributed by atoms with Gasteiger partial charge in [-0.05, 0) is 18.6 Å². The molecule has 0 spiro atoms. The third-order valence-electron chi connectivity index (χ3n) is 1.98. The molecule has 78 valence electrons. The Labute approximate surface area is 91.1 Å². The Morgan fingerprint density at radius 1 is 1.07 bits per heavy atom. The van der Waals surface area contributed by atoms with E-state index in [0.717, 1.165) is 6.61 Å². The van der Waals surface area contributed by atoms with E-state index in [-0.39, 0.29) is 0 Å². The van der Waals surface area contributed by atoms with E-state index in [1.807, 2.05) is 18.2 Å². The van der Waals surface area contributed by atoms with Gasteiger partial charge in [-0.2, -0.15) is 0 Å². The van der Waals surface area contributed by atoms with E-state index in [0.29, 0.717) is 0 Å². The second-order valence-corrected chi connectivity index (χ2v) is 4.15. The first-order chi connectivity index (χ1) is 6.93. The third kappa shape index (κ3) is 5.30. The molecule has 0 bridgehead atoms. The van der Waals surface area contributed by atoms with Crippen molar-refractivity contribution in [1.82, 2.24) is 0 Å². The molecule has 0 radical (unpaired) electrons. The van der Waals surface area contributed by atoms with E-state index < -0.39 is 0 Å². The highest BCUT2D eigenvalue weighted by atomic mass is 32.2. The molecule has 14 heavy (non-hydrogen) atoms. The number of hydrogen-bond acceptors (Lipinski definition) is 2. The minimum Gasteiger partial charge on any atom is -0.310 e. The Bertz CT molecular complexity index is 223. The van der Waals surface area contributed by atoms with E-state index in [1.165, 1.54) is 42.6 Å². The molecular formula is C12H18OS. The molecule has 0 amide bonds. The lowest BCUT2D eigenvalue weighted by Crippen LogP contribution is -1.86. The summed E-state index contributed by atoms with van der Waals surface area (Å²) in [6.07, 6.45) is 5.06. The van der Waals surface area contributed by atoms with Gasteiger partial charge in [-0.15, -0.1) is 0 Å². The van der Waals surface area contributed by atoms with Gasteiger partial charge < -0.3 is 4.18 Å². The molecule has 0 aromatic heterocycles. The molecule has 1 aromatic carbocycles. The highest BCUT2D eigenvalue weighted by Gasteiger charge is 1.93. The van der Waals surface area contributed by atoms with Crippen molar-refractivity contribution in [3.63, 3.8) is 0 Å². The molecule has 0 saturated heterocycles. The Morgan fingerprint density at radius 3 is 2.57 bits per heavy atom. The van der Waals surface area contributed by atoms with Gasteiger partial charge in [0, 0.05) is 16.9 Å². The topological polar surface area (TPSA) is 9.23 Å². The van der Waals surface area contributed by atoms with Crippen molar-refractivity contribution in [1.29, 1.82) is 0 Å². The predicted octanol–water partition coefficient (Wildman–Crippen LogP) is 4.29. The van der Waals surface area contributed by atoms with Crippen LogP contribution in [0.3, 0.4) is 0 Å². The van der Waals surface area contributed by atoms with Gasteiger partial charge >= 0.3 is 0 Å². The van der Waals surface area contributed by atoms with Crippen molar-refractivity contribution in [2.75, 3.05) is 6.61 Å². The molecule has 1 rings (SSSR count). The lowest BCUT2D eigenvalue weighted by molar-refractivity contribution is 0.356. The zero-order valence-electron chi connectivity index (χ0n) is 8.74. The van der Waals surface area contributed by atoms with Gasteiger partial charge in [0.1, 0.15) is 0 Å². The molecule has 0 aliphatic heterocycles. The molecule has 0 aliphatic rings. The van der Waals surface area contributed by atoms with Crippen LogP contribution in [0.1, 0.15) is 32.6 Å². The highest BCUT2D eigenvalue weighted by Crippen LogP contribution is 2.18. The van der Waals surface area contributed by atoms with Crippen LogP contribution < -0.4 is 0 Å². The lowest BCUT2D eigenvalue weighted by Gasteiger charge is -2.01. The summed E-state index contributed by atoms with van der Waals surface area (Å²) in [7, 11) is 0. The fourth-order valence-corrected chi connectivity index (χ4v) is 1.78. The van der Waals surface area contributed by atoms with Crippen LogP contribution in [0.25, 0.3) is 0 Å². The molecule has 0 aliphatic carbocycles. The van der Waals surface area contributed by atoms with Crippen molar-refractivity contribution in [2.24, 2.45) is 0 Å². The maximum atomic E-state index is 5.48. The standard InChI is InChI=1S/C12H18OS/c1-2-3-4-8-11-13-14-12-9-6-5-7-10-12/h5-7,9-10H,2-4,8,11H2,1H3. The first-order valence-electron chi connectivity index (χ1n) is 5.28. The minimum atomic E-state index is 0.861. The minimum absolute atomic E-state index is 0.861. The SMILES string of the molecule is CCCCCCOSc1ccccc1. The summed E-state index contributed by atoms with van der Waals surface area (Å²) in [5.41, 5.74) is 0. The molecular weight excluding hydrogens is 192 g/mol. The smallest absolute Gasteiger partial charge is 0.0618 e. The Kier molecular flexibility index (Phi) is 6.54. The van der Waals surface area contributed by atoms with Gasteiger partial charge in [-0.25, -0.2) is 0 Å². The lowest BCUT2D eigenvalue weighted by atomic mass is 10.2. The molecule has 0 fully saturated rings.